The Kier molecular flexibility index (Phi) is 3.30. The molecule has 106 valence electrons. The van der Waals surface area contributed by atoms with E-state index < -0.39 is 0 Å². The van der Waals surface area contributed by atoms with Crippen LogP contribution in [-0.4, -0.2) is 21.9 Å². The van der Waals surface area contributed by atoms with Crippen molar-refractivity contribution in [2.45, 2.75) is 25.8 Å². The number of halogens is 1. The number of nitrogen functional groups attached to an aromatic ring is 1. The molecule has 0 aliphatic carbocycles. The summed E-state index contributed by atoms with van der Waals surface area (Å²) in [6.07, 6.45) is 0.874. The van der Waals surface area contributed by atoms with Crippen molar-refractivity contribution in [3.8, 4) is 5.75 Å². The maximum atomic E-state index is 6.22. The van der Waals surface area contributed by atoms with Gasteiger partial charge in [0, 0.05) is 12.3 Å². The topological polar surface area (TPSA) is 66.0 Å². The van der Waals surface area contributed by atoms with Gasteiger partial charge in [0.15, 0.2) is 0 Å². The summed E-state index contributed by atoms with van der Waals surface area (Å²) in [4.78, 5) is 4.26. The monoisotopic (exact) mass is 292 g/mol. The Morgan fingerprint density at radius 3 is 2.95 bits per heavy atom. The lowest BCUT2D eigenvalue weighted by atomic mass is 9.83. The molecule has 6 heteroatoms. The lowest BCUT2D eigenvalue weighted by Gasteiger charge is -2.29. The summed E-state index contributed by atoms with van der Waals surface area (Å²) in [5.41, 5.74) is 6.87. The van der Waals surface area contributed by atoms with Gasteiger partial charge < -0.3 is 10.5 Å². The second kappa shape index (κ2) is 4.98. The molecular formula is C14H17ClN4O. The largest absolute Gasteiger partial charge is 0.495 e. The Morgan fingerprint density at radius 2 is 2.25 bits per heavy atom. The van der Waals surface area contributed by atoms with E-state index in [0.29, 0.717) is 28.6 Å². The van der Waals surface area contributed by atoms with Crippen LogP contribution in [0.15, 0.2) is 18.2 Å². The summed E-state index contributed by atoms with van der Waals surface area (Å²) >= 11 is 6.22. The van der Waals surface area contributed by atoms with Crippen LogP contribution in [0.1, 0.15) is 24.2 Å². The number of methoxy groups -OCH3 is 1. The first-order valence-electron chi connectivity index (χ1n) is 6.61. The van der Waals surface area contributed by atoms with Crippen LogP contribution >= 0.6 is 11.6 Å². The van der Waals surface area contributed by atoms with Gasteiger partial charge in [-0.2, -0.15) is 4.98 Å². The fraction of sp³-hybridized carbons (Fsp3) is 0.429. The van der Waals surface area contributed by atoms with Gasteiger partial charge in [-0.05, 0) is 23.6 Å². The van der Waals surface area contributed by atoms with Crippen molar-refractivity contribution in [1.82, 2.24) is 14.8 Å². The van der Waals surface area contributed by atoms with E-state index in [1.807, 2.05) is 16.8 Å². The lowest BCUT2D eigenvalue weighted by molar-refractivity contribution is 0.330. The minimum Gasteiger partial charge on any atom is -0.495 e. The van der Waals surface area contributed by atoms with E-state index in [9.17, 15) is 0 Å². The van der Waals surface area contributed by atoms with Crippen molar-refractivity contribution >= 4 is 17.5 Å². The highest BCUT2D eigenvalue weighted by Gasteiger charge is 2.29. The van der Waals surface area contributed by atoms with E-state index in [0.717, 1.165) is 18.8 Å². The third-order valence-corrected chi connectivity index (χ3v) is 4.23. The number of hydrogen-bond donors (Lipinski definition) is 1. The zero-order valence-electron chi connectivity index (χ0n) is 11.5. The molecule has 5 nitrogen and oxygen atoms in total. The van der Waals surface area contributed by atoms with Crippen molar-refractivity contribution in [3.05, 3.63) is 34.6 Å². The van der Waals surface area contributed by atoms with Crippen LogP contribution in [0.25, 0.3) is 0 Å². The second-order valence-corrected chi connectivity index (χ2v) is 5.66. The number of hydrogen-bond acceptors (Lipinski definition) is 4. The summed E-state index contributed by atoms with van der Waals surface area (Å²) in [7, 11) is 1.62. The number of rotatable bonds is 2. The second-order valence-electron chi connectivity index (χ2n) is 5.25. The molecule has 2 heterocycles. The molecule has 2 unspecified atom stereocenters. The van der Waals surface area contributed by atoms with Gasteiger partial charge in [-0.15, -0.1) is 5.10 Å². The van der Waals surface area contributed by atoms with E-state index in [2.05, 4.69) is 23.1 Å². The van der Waals surface area contributed by atoms with Crippen molar-refractivity contribution in [3.63, 3.8) is 0 Å². The number of aromatic nitrogens is 3. The smallest absolute Gasteiger partial charge is 0.239 e. The first-order chi connectivity index (χ1) is 9.58. The Bertz CT molecular complexity index is 640. The fourth-order valence-corrected chi connectivity index (χ4v) is 3.10. The summed E-state index contributed by atoms with van der Waals surface area (Å²) in [6.45, 7) is 3.00. The van der Waals surface area contributed by atoms with Gasteiger partial charge in [-0.25, -0.2) is 4.68 Å². The predicted molar refractivity (Wildman–Crippen MR) is 78.0 cm³/mol. The van der Waals surface area contributed by atoms with E-state index >= 15 is 0 Å². The molecule has 1 aliphatic heterocycles. The van der Waals surface area contributed by atoms with Crippen LogP contribution < -0.4 is 10.5 Å². The molecule has 3 rings (SSSR count). The van der Waals surface area contributed by atoms with E-state index in [1.54, 1.807) is 7.11 Å². The van der Waals surface area contributed by atoms with Crippen molar-refractivity contribution in [2.75, 3.05) is 12.8 Å². The highest BCUT2D eigenvalue weighted by atomic mass is 35.5. The van der Waals surface area contributed by atoms with Crippen LogP contribution in [0.3, 0.4) is 0 Å². The van der Waals surface area contributed by atoms with Gasteiger partial charge in [0.25, 0.3) is 0 Å². The number of anilines is 1. The average molecular weight is 293 g/mol. The van der Waals surface area contributed by atoms with E-state index in [-0.39, 0.29) is 0 Å². The summed E-state index contributed by atoms with van der Waals surface area (Å²) in [5.74, 6) is 2.83. The van der Waals surface area contributed by atoms with Gasteiger partial charge >= 0.3 is 0 Å². The Labute approximate surface area is 122 Å². The fourth-order valence-electron chi connectivity index (χ4n) is 2.83. The van der Waals surface area contributed by atoms with Gasteiger partial charge in [-0.1, -0.05) is 24.6 Å². The lowest BCUT2D eigenvalue weighted by Crippen LogP contribution is -2.27. The number of fused-ring (bicyclic) bond motifs is 1. The molecule has 0 saturated carbocycles. The Hall–Kier alpha value is -1.75. The maximum Gasteiger partial charge on any atom is 0.239 e. The molecule has 1 aromatic carbocycles. The highest BCUT2D eigenvalue weighted by molar-refractivity contribution is 6.32. The minimum absolute atomic E-state index is 0.348. The number of nitrogens with two attached hydrogens (primary N) is 1. The van der Waals surface area contributed by atoms with Crippen molar-refractivity contribution in [1.29, 1.82) is 0 Å². The quantitative estimate of drug-likeness (QED) is 0.923. The zero-order valence-corrected chi connectivity index (χ0v) is 12.3. The molecule has 1 aromatic heterocycles. The number of ether oxygens (including phenoxy) is 1. The number of nitrogens with zero attached hydrogens (tertiary/aromatic N) is 3. The van der Waals surface area contributed by atoms with Crippen molar-refractivity contribution < 1.29 is 4.74 Å². The van der Waals surface area contributed by atoms with Gasteiger partial charge in [0.2, 0.25) is 5.95 Å². The van der Waals surface area contributed by atoms with Gasteiger partial charge in [0.05, 0.1) is 18.7 Å². The molecule has 0 amide bonds. The normalized spacial score (nSPS) is 21.6. The SMILES string of the molecule is COc1ccc(C2Cn3nc(N)nc3CC2C)cc1Cl. The van der Waals surface area contributed by atoms with Crippen LogP contribution in [0.5, 0.6) is 5.75 Å². The van der Waals surface area contributed by atoms with E-state index in [4.69, 9.17) is 22.1 Å². The van der Waals surface area contributed by atoms with Crippen LogP contribution in [-0.2, 0) is 13.0 Å². The molecule has 20 heavy (non-hydrogen) atoms. The first-order valence-corrected chi connectivity index (χ1v) is 6.99. The summed E-state index contributed by atoms with van der Waals surface area (Å²) in [6, 6.07) is 5.96. The molecule has 0 fully saturated rings. The standard InChI is InChI=1S/C14H17ClN4O/c1-8-5-13-17-14(16)18-19(13)7-10(8)9-3-4-12(20-2)11(15)6-9/h3-4,6,8,10H,5,7H2,1-2H3,(H2,16,18). The Morgan fingerprint density at radius 1 is 1.45 bits per heavy atom. The molecular weight excluding hydrogens is 276 g/mol. The first kappa shape index (κ1) is 13.2. The number of benzene rings is 1. The molecule has 1 aliphatic rings. The maximum absolute atomic E-state index is 6.22. The molecule has 2 N–H and O–H groups in total. The average Bonchev–Trinajstić information content (AvgIpc) is 2.76. The van der Waals surface area contributed by atoms with Crippen molar-refractivity contribution in [2.24, 2.45) is 5.92 Å². The zero-order chi connectivity index (χ0) is 14.3. The molecule has 0 saturated heterocycles. The van der Waals surface area contributed by atoms with E-state index in [1.165, 1.54) is 5.56 Å². The molecule has 0 bridgehead atoms. The molecule has 0 spiro atoms. The van der Waals surface area contributed by atoms with Crippen LogP contribution in [0, 0.1) is 5.92 Å². The molecule has 2 aromatic rings. The minimum atomic E-state index is 0.348. The summed E-state index contributed by atoms with van der Waals surface area (Å²) in [5, 5.41) is 4.88. The molecule has 0 radical (unpaired) electrons. The van der Waals surface area contributed by atoms with Crippen LogP contribution in [0.4, 0.5) is 5.95 Å². The third kappa shape index (κ3) is 2.22. The third-order valence-electron chi connectivity index (χ3n) is 3.93. The summed E-state index contributed by atoms with van der Waals surface area (Å²) < 4.78 is 7.10. The Balaban J connectivity index is 1.92. The molecule has 2 atom stereocenters. The predicted octanol–water partition coefficient (Wildman–Crippen LogP) is 2.50. The highest BCUT2D eigenvalue weighted by Crippen LogP contribution is 2.36. The van der Waals surface area contributed by atoms with Gasteiger partial charge in [-0.3, -0.25) is 0 Å². The van der Waals surface area contributed by atoms with Crippen LogP contribution in [0.2, 0.25) is 5.02 Å². The van der Waals surface area contributed by atoms with Gasteiger partial charge in [0.1, 0.15) is 11.6 Å².